The highest BCUT2D eigenvalue weighted by molar-refractivity contribution is 7.92. The molecular formula is C21H19N5O3S. The molecule has 4 rings (SSSR count). The molecule has 0 aliphatic heterocycles. The van der Waals surface area contributed by atoms with Gasteiger partial charge in [-0.3, -0.25) is 9.10 Å². The van der Waals surface area contributed by atoms with Crippen LogP contribution >= 0.6 is 0 Å². The van der Waals surface area contributed by atoms with Gasteiger partial charge in [0.2, 0.25) is 0 Å². The minimum atomic E-state index is -3.83. The summed E-state index contributed by atoms with van der Waals surface area (Å²) in [5.41, 5.74) is 1.37. The molecule has 0 unspecified atom stereocenters. The van der Waals surface area contributed by atoms with E-state index in [-0.39, 0.29) is 17.0 Å². The van der Waals surface area contributed by atoms with Gasteiger partial charge < -0.3 is 5.32 Å². The number of hydrogen-bond donors (Lipinski definition) is 1. The summed E-state index contributed by atoms with van der Waals surface area (Å²) in [6.07, 6.45) is 3.14. The van der Waals surface area contributed by atoms with Gasteiger partial charge in [-0.05, 0) is 43.3 Å². The maximum absolute atomic E-state index is 13.2. The zero-order valence-electron chi connectivity index (χ0n) is 16.1. The molecule has 2 aromatic heterocycles. The molecule has 0 atom stereocenters. The topological polar surface area (TPSA) is 96.7 Å². The Hall–Kier alpha value is -3.72. The fourth-order valence-corrected chi connectivity index (χ4v) is 4.65. The van der Waals surface area contributed by atoms with Crippen LogP contribution in [0.15, 0.2) is 84.0 Å². The highest BCUT2D eigenvalue weighted by Crippen LogP contribution is 2.24. The van der Waals surface area contributed by atoms with Crippen molar-refractivity contribution in [2.75, 3.05) is 16.2 Å². The lowest BCUT2D eigenvalue weighted by Crippen LogP contribution is -2.31. The monoisotopic (exact) mass is 421 g/mol. The summed E-state index contributed by atoms with van der Waals surface area (Å²) in [5, 5.41) is 6.88. The quantitative estimate of drug-likeness (QED) is 0.516. The molecule has 1 amide bonds. The van der Waals surface area contributed by atoms with Crippen molar-refractivity contribution >= 4 is 33.1 Å². The first-order valence-corrected chi connectivity index (χ1v) is 10.7. The molecule has 2 aromatic carbocycles. The van der Waals surface area contributed by atoms with Gasteiger partial charge in [-0.15, -0.1) is 0 Å². The van der Waals surface area contributed by atoms with Gasteiger partial charge in [-0.2, -0.15) is 9.61 Å². The van der Waals surface area contributed by atoms with Crippen LogP contribution in [0.4, 0.5) is 11.5 Å². The average molecular weight is 421 g/mol. The fourth-order valence-electron chi connectivity index (χ4n) is 3.13. The molecule has 0 spiro atoms. The summed E-state index contributed by atoms with van der Waals surface area (Å²) >= 11 is 0. The molecule has 0 aliphatic carbocycles. The zero-order valence-corrected chi connectivity index (χ0v) is 17.0. The largest absolute Gasteiger partial charge is 0.306 e. The molecule has 0 bridgehead atoms. The third kappa shape index (κ3) is 3.62. The average Bonchev–Trinajstić information content (AvgIpc) is 3.25. The minimum Gasteiger partial charge on any atom is -0.306 e. The Labute approximate surface area is 173 Å². The number of para-hydroxylation sites is 1. The van der Waals surface area contributed by atoms with Crippen molar-refractivity contribution in [3.63, 3.8) is 0 Å². The first-order chi connectivity index (χ1) is 14.5. The van der Waals surface area contributed by atoms with Gasteiger partial charge in [0.05, 0.1) is 16.8 Å². The van der Waals surface area contributed by atoms with Crippen LogP contribution in [-0.4, -0.2) is 35.5 Å². The van der Waals surface area contributed by atoms with E-state index >= 15 is 0 Å². The summed E-state index contributed by atoms with van der Waals surface area (Å²) in [7, 11) is -3.83. The van der Waals surface area contributed by atoms with E-state index in [1.54, 1.807) is 67.8 Å². The van der Waals surface area contributed by atoms with Crippen LogP contribution in [0.5, 0.6) is 0 Å². The van der Waals surface area contributed by atoms with Crippen molar-refractivity contribution in [2.24, 2.45) is 0 Å². The molecular weight excluding hydrogens is 402 g/mol. The van der Waals surface area contributed by atoms with Gasteiger partial charge in [-0.25, -0.2) is 13.4 Å². The molecule has 2 heterocycles. The van der Waals surface area contributed by atoms with Crippen molar-refractivity contribution in [1.29, 1.82) is 0 Å². The van der Waals surface area contributed by atoms with E-state index in [0.29, 0.717) is 17.2 Å². The molecule has 0 radical (unpaired) electrons. The number of anilines is 2. The van der Waals surface area contributed by atoms with Gasteiger partial charge in [-0.1, -0.05) is 24.3 Å². The van der Waals surface area contributed by atoms with Crippen LogP contribution in [0.2, 0.25) is 0 Å². The van der Waals surface area contributed by atoms with Crippen LogP contribution < -0.4 is 9.62 Å². The Balaban J connectivity index is 1.65. The number of amides is 1. The molecule has 9 heteroatoms. The van der Waals surface area contributed by atoms with Crippen LogP contribution in [0, 0.1) is 0 Å². The number of benzene rings is 2. The second-order valence-electron chi connectivity index (χ2n) is 6.42. The zero-order chi connectivity index (χ0) is 21.1. The summed E-state index contributed by atoms with van der Waals surface area (Å²) in [4.78, 5) is 17.0. The van der Waals surface area contributed by atoms with Gasteiger partial charge in [0.15, 0.2) is 5.65 Å². The predicted octanol–water partition coefficient (Wildman–Crippen LogP) is 3.20. The molecule has 30 heavy (non-hydrogen) atoms. The van der Waals surface area contributed by atoms with E-state index in [1.165, 1.54) is 21.0 Å². The molecule has 8 nitrogen and oxygen atoms in total. The van der Waals surface area contributed by atoms with E-state index in [0.717, 1.165) is 0 Å². The van der Waals surface area contributed by atoms with Crippen molar-refractivity contribution in [1.82, 2.24) is 14.6 Å². The van der Waals surface area contributed by atoms with E-state index in [9.17, 15) is 13.2 Å². The standard InChI is InChI=1S/C21H19N5O3S/c1-2-25(17-8-4-3-5-9-17)30(28,29)18-10-6-7-16(15-18)21(27)24-20-11-13-22-19-12-14-23-26(19)20/h3-15H,2H2,1H3,(H,24,27). The van der Waals surface area contributed by atoms with E-state index in [4.69, 9.17) is 0 Å². The normalized spacial score (nSPS) is 11.4. The van der Waals surface area contributed by atoms with Gasteiger partial charge in [0.25, 0.3) is 15.9 Å². The summed E-state index contributed by atoms with van der Waals surface area (Å²) in [5.74, 6) is -0.0134. The van der Waals surface area contributed by atoms with E-state index < -0.39 is 15.9 Å². The smallest absolute Gasteiger partial charge is 0.264 e. The summed E-state index contributed by atoms with van der Waals surface area (Å²) in [6, 6.07) is 18.2. The number of sulfonamides is 1. The Morgan fingerprint density at radius 1 is 1.03 bits per heavy atom. The molecule has 0 saturated heterocycles. The summed E-state index contributed by atoms with van der Waals surface area (Å²) in [6.45, 7) is 2.02. The number of nitrogens with zero attached hydrogens (tertiary/aromatic N) is 4. The maximum atomic E-state index is 13.2. The van der Waals surface area contributed by atoms with Crippen molar-refractivity contribution in [3.8, 4) is 0 Å². The van der Waals surface area contributed by atoms with Crippen LogP contribution in [0.1, 0.15) is 17.3 Å². The number of fused-ring (bicyclic) bond motifs is 1. The molecule has 4 aromatic rings. The lowest BCUT2D eigenvalue weighted by atomic mass is 10.2. The van der Waals surface area contributed by atoms with Crippen molar-refractivity contribution in [3.05, 3.63) is 84.7 Å². The summed E-state index contributed by atoms with van der Waals surface area (Å²) < 4.78 is 29.2. The number of aromatic nitrogens is 3. The first-order valence-electron chi connectivity index (χ1n) is 9.28. The second-order valence-corrected chi connectivity index (χ2v) is 8.28. The predicted molar refractivity (Wildman–Crippen MR) is 114 cm³/mol. The van der Waals surface area contributed by atoms with Crippen molar-refractivity contribution < 1.29 is 13.2 Å². The molecule has 1 N–H and O–H groups in total. The van der Waals surface area contributed by atoms with Gasteiger partial charge in [0, 0.05) is 24.4 Å². The van der Waals surface area contributed by atoms with Crippen molar-refractivity contribution in [2.45, 2.75) is 11.8 Å². The molecule has 0 saturated carbocycles. The third-order valence-corrected chi connectivity index (χ3v) is 6.45. The van der Waals surface area contributed by atoms with Gasteiger partial charge in [0.1, 0.15) is 5.82 Å². The van der Waals surface area contributed by atoms with Crippen LogP contribution in [0.3, 0.4) is 0 Å². The molecule has 0 fully saturated rings. The molecule has 0 aliphatic rings. The fraction of sp³-hybridized carbons (Fsp3) is 0.0952. The second kappa shape index (κ2) is 7.96. The SMILES string of the molecule is CCN(c1ccccc1)S(=O)(=O)c1cccc(C(=O)Nc2ccnc3ccnn23)c1. The lowest BCUT2D eigenvalue weighted by molar-refractivity contribution is 0.102. The Morgan fingerprint density at radius 3 is 2.60 bits per heavy atom. The first kappa shape index (κ1) is 19.6. The van der Waals surface area contributed by atoms with Crippen LogP contribution in [-0.2, 0) is 10.0 Å². The maximum Gasteiger partial charge on any atom is 0.264 e. The van der Waals surface area contributed by atoms with Crippen LogP contribution in [0.25, 0.3) is 5.65 Å². The Kier molecular flexibility index (Phi) is 5.20. The van der Waals surface area contributed by atoms with E-state index in [2.05, 4.69) is 15.4 Å². The third-order valence-electron chi connectivity index (χ3n) is 4.55. The van der Waals surface area contributed by atoms with E-state index in [1.807, 2.05) is 6.07 Å². The lowest BCUT2D eigenvalue weighted by Gasteiger charge is -2.23. The number of nitrogens with one attached hydrogen (secondary N) is 1. The number of carbonyl (C=O) groups excluding carboxylic acids is 1. The Morgan fingerprint density at radius 2 is 1.83 bits per heavy atom. The number of carbonyl (C=O) groups is 1. The number of hydrogen-bond acceptors (Lipinski definition) is 5. The highest BCUT2D eigenvalue weighted by Gasteiger charge is 2.24. The highest BCUT2D eigenvalue weighted by atomic mass is 32.2. The van der Waals surface area contributed by atoms with Gasteiger partial charge >= 0.3 is 0 Å². The molecule has 152 valence electrons. The Bertz CT molecular complexity index is 1300. The number of rotatable bonds is 6. The minimum absolute atomic E-state index is 0.0415.